The highest BCUT2D eigenvalue weighted by Gasteiger charge is 2.26. The molecule has 0 saturated carbocycles. The van der Waals surface area contributed by atoms with Crippen molar-refractivity contribution in [3.05, 3.63) is 41.5 Å². The number of hydrogen-bond acceptors (Lipinski definition) is 5. The average molecular weight is 311 g/mol. The van der Waals surface area contributed by atoms with E-state index in [4.69, 9.17) is 9.73 Å². The number of nitrogens with zero attached hydrogens (tertiary/aromatic N) is 5. The van der Waals surface area contributed by atoms with E-state index in [9.17, 15) is 0 Å². The van der Waals surface area contributed by atoms with E-state index in [0.717, 1.165) is 55.0 Å². The van der Waals surface area contributed by atoms with Crippen LogP contribution in [-0.2, 0) is 11.3 Å². The molecule has 6 nitrogen and oxygen atoms in total. The monoisotopic (exact) mass is 311 g/mol. The van der Waals surface area contributed by atoms with E-state index in [1.165, 1.54) is 0 Å². The number of aromatic nitrogens is 3. The molecule has 2 aliphatic heterocycles. The molecular formula is C17H21N5O. The third-order valence-corrected chi connectivity index (χ3v) is 4.34. The quantitative estimate of drug-likeness (QED) is 0.808. The SMILES string of the molecule is CC(C)c1nnc2n1-c1ccccc1C(N1CCOCC1)=NC2. The average Bonchev–Trinajstić information content (AvgIpc) is 2.94. The van der Waals surface area contributed by atoms with Crippen molar-refractivity contribution in [3.63, 3.8) is 0 Å². The summed E-state index contributed by atoms with van der Waals surface area (Å²) in [6, 6.07) is 8.41. The fraction of sp³-hybridized carbons (Fsp3) is 0.471. The number of hydrogen-bond donors (Lipinski definition) is 0. The minimum absolute atomic E-state index is 0.314. The second kappa shape index (κ2) is 5.77. The molecule has 0 bridgehead atoms. The van der Waals surface area contributed by atoms with Crippen LogP contribution < -0.4 is 0 Å². The van der Waals surface area contributed by atoms with Gasteiger partial charge in [0.05, 0.1) is 18.9 Å². The van der Waals surface area contributed by atoms with Crippen LogP contribution in [-0.4, -0.2) is 51.8 Å². The fourth-order valence-electron chi connectivity index (χ4n) is 3.20. The number of benzene rings is 1. The molecule has 1 fully saturated rings. The van der Waals surface area contributed by atoms with E-state index < -0.39 is 0 Å². The van der Waals surface area contributed by atoms with Crippen molar-refractivity contribution in [2.24, 2.45) is 4.99 Å². The number of ether oxygens (including phenoxy) is 1. The summed E-state index contributed by atoms with van der Waals surface area (Å²) in [6.07, 6.45) is 0. The van der Waals surface area contributed by atoms with E-state index >= 15 is 0 Å². The van der Waals surface area contributed by atoms with Crippen molar-refractivity contribution in [2.75, 3.05) is 26.3 Å². The zero-order valence-corrected chi connectivity index (χ0v) is 13.6. The van der Waals surface area contributed by atoms with Gasteiger partial charge in [-0.05, 0) is 12.1 Å². The molecule has 0 spiro atoms. The summed E-state index contributed by atoms with van der Waals surface area (Å²) in [6.45, 7) is 8.12. The first kappa shape index (κ1) is 14.4. The Balaban J connectivity index is 1.86. The molecule has 0 amide bonds. The summed E-state index contributed by atoms with van der Waals surface area (Å²) in [4.78, 5) is 7.18. The highest BCUT2D eigenvalue weighted by Crippen LogP contribution is 2.27. The first-order chi connectivity index (χ1) is 11.3. The molecule has 0 atom stereocenters. The Bertz CT molecular complexity index is 743. The van der Waals surface area contributed by atoms with Crippen LogP contribution in [0.25, 0.3) is 5.69 Å². The van der Waals surface area contributed by atoms with E-state index in [0.29, 0.717) is 12.5 Å². The van der Waals surface area contributed by atoms with Gasteiger partial charge in [0.1, 0.15) is 18.2 Å². The van der Waals surface area contributed by atoms with Gasteiger partial charge in [-0.2, -0.15) is 0 Å². The first-order valence-corrected chi connectivity index (χ1v) is 8.17. The Hall–Kier alpha value is -2.21. The van der Waals surface area contributed by atoms with Gasteiger partial charge in [0.2, 0.25) is 0 Å². The molecule has 0 aliphatic carbocycles. The summed E-state index contributed by atoms with van der Waals surface area (Å²) in [5.74, 6) is 3.26. The number of morpholine rings is 1. The number of fused-ring (bicyclic) bond motifs is 3. The van der Waals surface area contributed by atoms with Gasteiger partial charge in [0, 0.05) is 24.6 Å². The van der Waals surface area contributed by atoms with Crippen LogP contribution in [0.5, 0.6) is 0 Å². The van der Waals surface area contributed by atoms with Crippen molar-refractivity contribution >= 4 is 5.84 Å². The second-order valence-electron chi connectivity index (χ2n) is 6.22. The predicted octanol–water partition coefficient (Wildman–Crippen LogP) is 1.98. The Kier molecular flexibility index (Phi) is 3.61. The minimum atomic E-state index is 0.314. The molecule has 6 heteroatoms. The maximum Gasteiger partial charge on any atom is 0.159 e. The summed E-state index contributed by atoms with van der Waals surface area (Å²) in [5.41, 5.74) is 2.27. The van der Waals surface area contributed by atoms with Crippen molar-refractivity contribution in [3.8, 4) is 5.69 Å². The van der Waals surface area contributed by atoms with Crippen molar-refractivity contribution in [1.82, 2.24) is 19.7 Å². The molecule has 2 aliphatic rings. The first-order valence-electron chi connectivity index (χ1n) is 8.17. The van der Waals surface area contributed by atoms with Crippen LogP contribution >= 0.6 is 0 Å². The zero-order valence-electron chi connectivity index (χ0n) is 13.6. The molecular weight excluding hydrogens is 290 g/mol. The molecule has 4 rings (SSSR count). The smallest absolute Gasteiger partial charge is 0.159 e. The van der Waals surface area contributed by atoms with Gasteiger partial charge in [0.25, 0.3) is 0 Å². The molecule has 1 aromatic heterocycles. The Morgan fingerprint density at radius 3 is 2.65 bits per heavy atom. The standard InChI is InChI=1S/C17H21N5O/c1-12(2)16-20-19-15-11-18-17(21-7-9-23-10-8-21)13-5-3-4-6-14(13)22(15)16/h3-6,12H,7-11H2,1-2H3. The Labute approximate surface area is 135 Å². The predicted molar refractivity (Wildman–Crippen MR) is 88.1 cm³/mol. The summed E-state index contributed by atoms with van der Waals surface area (Å²) in [7, 11) is 0. The molecule has 0 N–H and O–H groups in total. The van der Waals surface area contributed by atoms with Gasteiger partial charge in [-0.3, -0.25) is 9.56 Å². The summed E-state index contributed by atoms with van der Waals surface area (Å²) >= 11 is 0. The van der Waals surface area contributed by atoms with Crippen LogP contribution in [0.15, 0.2) is 29.3 Å². The normalized spacial score (nSPS) is 17.5. The third-order valence-electron chi connectivity index (χ3n) is 4.34. The second-order valence-corrected chi connectivity index (χ2v) is 6.22. The van der Waals surface area contributed by atoms with E-state index in [1.807, 2.05) is 0 Å². The highest BCUT2D eigenvalue weighted by molar-refractivity contribution is 6.02. The molecule has 1 saturated heterocycles. The van der Waals surface area contributed by atoms with E-state index in [-0.39, 0.29) is 0 Å². The van der Waals surface area contributed by atoms with Crippen molar-refractivity contribution in [2.45, 2.75) is 26.3 Å². The zero-order chi connectivity index (χ0) is 15.8. The number of aliphatic imine (C=N–C) groups is 1. The van der Waals surface area contributed by atoms with Crippen LogP contribution in [0.2, 0.25) is 0 Å². The minimum Gasteiger partial charge on any atom is -0.378 e. The lowest BCUT2D eigenvalue weighted by molar-refractivity contribution is 0.0682. The maximum absolute atomic E-state index is 5.48. The van der Waals surface area contributed by atoms with Crippen LogP contribution in [0.1, 0.15) is 37.0 Å². The lowest BCUT2D eigenvalue weighted by Crippen LogP contribution is -2.41. The van der Waals surface area contributed by atoms with Crippen molar-refractivity contribution < 1.29 is 4.74 Å². The van der Waals surface area contributed by atoms with Crippen LogP contribution in [0, 0.1) is 0 Å². The third kappa shape index (κ3) is 2.43. The molecule has 0 unspecified atom stereocenters. The molecule has 1 aromatic carbocycles. The number of rotatable bonds is 1. The van der Waals surface area contributed by atoms with E-state index in [2.05, 4.69) is 57.8 Å². The van der Waals surface area contributed by atoms with Gasteiger partial charge in [-0.1, -0.05) is 26.0 Å². The van der Waals surface area contributed by atoms with Crippen LogP contribution in [0.4, 0.5) is 0 Å². The van der Waals surface area contributed by atoms with Gasteiger partial charge in [-0.15, -0.1) is 10.2 Å². The number of para-hydroxylation sites is 1. The number of amidine groups is 1. The van der Waals surface area contributed by atoms with Gasteiger partial charge in [-0.25, -0.2) is 0 Å². The molecule has 0 radical (unpaired) electrons. The van der Waals surface area contributed by atoms with Gasteiger partial charge in [0.15, 0.2) is 5.82 Å². The summed E-state index contributed by atoms with van der Waals surface area (Å²) < 4.78 is 7.66. The van der Waals surface area contributed by atoms with Gasteiger partial charge < -0.3 is 9.64 Å². The van der Waals surface area contributed by atoms with Gasteiger partial charge >= 0.3 is 0 Å². The maximum atomic E-state index is 5.48. The molecule has 3 heterocycles. The van der Waals surface area contributed by atoms with Crippen molar-refractivity contribution in [1.29, 1.82) is 0 Å². The molecule has 2 aromatic rings. The van der Waals surface area contributed by atoms with E-state index in [1.54, 1.807) is 0 Å². The molecule has 23 heavy (non-hydrogen) atoms. The fourth-order valence-corrected chi connectivity index (χ4v) is 3.20. The lowest BCUT2D eigenvalue weighted by atomic mass is 10.1. The Morgan fingerprint density at radius 1 is 1.09 bits per heavy atom. The molecule has 120 valence electrons. The largest absolute Gasteiger partial charge is 0.378 e. The highest BCUT2D eigenvalue weighted by atomic mass is 16.5. The van der Waals surface area contributed by atoms with Crippen LogP contribution in [0.3, 0.4) is 0 Å². The summed E-state index contributed by atoms with van der Waals surface area (Å²) in [5, 5.41) is 8.76. The Morgan fingerprint density at radius 2 is 1.87 bits per heavy atom. The lowest BCUT2D eigenvalue weighted by Gasteiger charge is -2.30. The topological polar surface area (TPSA) is 55.5 Å².